The Balaban J connectivity index is 1.85. The predicted molar refractivity (Wildman–Crippen MR) is 106 cm³/mol. The molecule has 0 saturated heterocycles. The average molecular weight is 355 g/mol. The van der Waals surface area contributed by atoms with Gasteiger partial charge in [-0.15, -0.1) is 0 Å². The second-order valence-electron chi connectivity index (χ2n) is 6.19. The van der Waals surface area contributed by atoms with Gasteiger partial charge in [-0.3, -0.25) is 4.79 Å². The van der Waals surface area contributed by atoms with Crippen LogP contribution in [0, 0.1) is 0 Å². The van der Waals surface area contributed by atoms with E-state index < -0.39 is 5.97 Å². The number of ether oxygens (including phenoxy) is 1. The van der Waals surface area contributed by atoms with Crippen LogP contribution in [0.3, 0.4) is 0 Å². The molecule has 4 rings (SSSR count). The minimum Gasteiger partial charge on any atom is -0.464 e. The van der Waals surface area contributed by atoms with Crippen LogP contribution in [0.1, 0.15) is 20.8 Å². The lowest BCUT2D eigenvalue weighted by Gasteiger charge is -2.08. The Morgan fingerprint density at radius 3 is 2.30 bits per heavy atom. The number of fused-ring (bicyclic) bond motifs is 1. The van der Waals surface area contributed by atoms with Crippen LogP contribution < -0.4 is 0 Å². The molecule has 0 unspecified atom stereocenters. The Kier molecular flexibility index (Phi) is 4.30. The third-order valence-electron chi connectivity index (χ3n) is 4.67. The van der Waals surface area contributed by atoms with E-state index in [1.165, 1.54) is 7.11 Å². The van der Waals surface area contributed by atoms with Crippen molar-refractivity contribution in [3.05, 3.63) is 84.1 Å². The zero-order chi connectivity index (χ0) is 18.8. The van der Waals surface area contributed by atoms with E-state index in [1.54, 1.807) is 6.07 Å². The summed E-state index contributed by atoms with van der Waals surface area (Å²) in [6.45, 7) is 0. The summed E-state index contributed by atoms with van der Waals surface area (Å²) in [6, 6.07) is 23.1. The number of carbonyl (C=O) groups is 2. The molecular weight excluding hydrogens is 338 g/mol. The summed E-state index contributed by atoms with van der Waals surface area (Å²) in [5, 5.41) is 0.957. The van der Waals surface area contributed by atoms with Crippen molar-refractivity contribution in [1.29, 1.82) is 0 Å². The van der Waals surface area contributed by atoms with Gasteiger partial charge >= 0.3 is 5.97 Å². The largest absolute Gasteiger partial charge is 0.464 e. The lowest BCUT2D eigenvalue weighted by atomic mass is 9.96. The minimum atomic E-state index is -0.406. The number of hydrogen-bond acceptors (Lipinski definition) is 3. The number of esters is 1. The van der Waals surface area contributed by atoms with Gasteiger partial charge in [0.05, 0.1) is 7.11 Å². The highest BCUT2D eigenvalue weighted by Crippen LogP contribution is 2.34. The lowest BCUT2D eigenvalue weighted by molar-refractivity contribution is 0.0596. The van der Waals surface area contributed by atoms with E-state index in [1.807, 2.05) is 66.7 Å². The number of rotatable bonds is 4. The molecule has 0 amide bonds. The fourth-order valence-corrected chi connectivity index (χ4v) is 3.38. The normalized spacial score (nSPS) is 10.7. The van der Waals surface area contributed by atoms with Gasteiger partial charge in [0, 0.05) is 22.0 Å². The molecule has 132 valence electrons. The molecule has 4 nitrogen and oxygen atoms in total. The summed E-state index contributed by atoms with van der Waals surface area (Å²) in [7, 11) is 1.37. The third-order valence-corrected chi connectivity index (χ3v) is 4.67. The van der Waals surface area contributed by atoms with Crippen LogP contribution in [0.25, 0.3) is 33.2 Å². The summed E-state index contributed by atoms with van der Waals surface area (Å²) in [4.78, 5) is 26.7. The van der Waals surface area contributed by atoms with Crippen molar-refractivity contribution < 1.29 is 14.3 Å². The standard InChI is InChI=1S/C23H17NO3/c1-27-23(26)22-21(19-8-4-5-9-20(19)24-22)16-12-10-15(11-13-16)18-7-3-2-6-17(18)14-25/h2-14,24H,1H3. The maximum Gasteiger partial charge on any atom is 0.355 e. The van der Waals surface area contributed by atoms with E-state index in [4.69, 9.17) is 4.74 Å². The molecule has 0 aliphatic carbocycles. The molecule has 0 bridgehead atoms. The molecule has 0 saturated carbocycles. The number of aldehydes is 1. The molecule has 0 aliphatic heterocycles. The van der Waals surface area contributed by atoms with E-state index in [9.17, 15) is 9.59 Å². The van der Waals surface area contributed by atoms with Crippen LogP contribution in [-0.2, 0) is 4.74 Å². The molecule has 3 aromatic carbocycles. The number of H-pyrrole nitrogens is 1. The highest BCUT2D eigenvalue weighted by atomic mass is 16.5. The molecule has 1 aromatic heterocycles. The number of carbonyl (C=O) groups excluding carboxylic acids is 2. The fourth-order valence-electron chi connectivity index (χ4n) is 3.38. The quantitative estimate of drug-likeness (QED) is 0.409. The van der Waals surface area contributed by atoms with Crippen LogP contribution in [0.15, 0.2) is 72.8 Å². The van der Waals surface area contributed by atoms with Crippen molar-refractivity contribution in [3.63, 3.8) is 0 Å². The minimum absolute atomic E-state index is 0.406. The van der Waals surface area contributed by atoms with Crippen molar-refractivity contribution in [2.45, 2.75) is 0 Å². The SMILES string of the molecule is COC(=O)c1[nH]c2ccccc2c1-c1ccc(-c2ccccc2C=O)cc1. The van der Waals surface area contributed by atoms with Gasteiger partial charge in [0.1, 0.15) is 5.69 Å². The smallest absolute Gasteiger partial charge is 0.355 e. The van der Waals surface area contributed by atoms with Crippen molar-refractivity contribution in [3.8, 4) is 22.3 Å². The Morgan fingerprint density at radius 1 is 0.889 bits per heavy atom. The van der Waals surface area contributed by atoms with Crippen molar-refractivity contribution in [2.75, 3.05) is 7.11 Å². The number of benzene rings is 3. The highest BCUT2D eigenvalue weighted by molar-refractivity contribution is 6.08. The zero-order valence-corrected chi connectivity index (χ0v) is 14.7. The van der Waals surface area contributed by atoms with E-state index in [0.717, 1.165) is 39.4 Å². The highest BCUT2D eigenvalue weighted by Gasteiger charge is 2.19. The van der Waals surface area contributed by atoms with E-state index in [0.29, 0.717) is 11.3 Å². The zero-order valence-electron chi connectivity index (χ0n) is 14.7. The molecular formula is C23H17NO3. The molecule has 0 radical (unpaired) electrons. The summed E-state index contributed by atoms with van der Waals surface area (Å²) < 4.78 is 4.94. The molecule has 0 fully saturated rings. The summed E-state index contributed by atoms with van der Waals surface area (Å²) in [6.07, 6.45) is 0.859. The second-order valence-corrected chi connectivity index (χ2v) is 6.19. The van der Waals surface area contributed by atoms with Gasteiger partial charge in [-0.25, -0.2) is 4.79 Å². The summed E-state index contributed by atoms with van der Waals surface area (Å²) in [5.74, 6) is -0.406. The van der Waals surface area contributed by atoms with Crippen LogP contribution in [0.2, 0.25) is 0 Å². The topological polar surface area (TPSA) is 59.2 Å². The van der Waals surface area contributed by atoms with E-state index >= 15 is 0 Å². The average Bonchev–Trinajstić information content (AvgIpc) is 3.13. The van der Waals surface area contributed by atoms with E-state index in [-0.39, 0.29) is 0 Å². The Morgan fingerprint density at radius 2 is 1.56 bits per heavy atom. The van der Waals surface area contributed by atoms with Crippen molar-refractivity contribution in [2.24, 2.45) is 0 Å². The Hall–Kier alpha value is -3.66. The molecule has 0 atom stereocenters. The maximum atomic E-state index is 12.3. The lowest BCUT2D eigenvalue weighted by Crippen LogP contribution is -2.03. The molecule has 1 N–H and O–H groups in total. The first-order valence-electron chi connectivity index (χ1n) is 8.57. The molecule has 1 heterocycles. The van der Waals surface area contributed by atoms with Gasteiger partial charge in [0.2, 0.25) is 0 Å². The first-order valence-corrected chi connectivity index (χ1v) is 8.57. The molecule has 27 heavy (non-hydrogen) atoms. The maximum absolute atomic E-state index is 12.3. The first kappa shape index (κ1) is 16.8. The van der Waals surface area contributed by atoms with Gasteiger partial charge < -0.3 is 9.72 Å². The van der Waals surface area contributed by atoms with Gasteiger partial charge in [-0.1, -0.05) is 66.7 Å². The molecule has 4 heteroatoms. The van der Waals surface area contributed by atoms with Crippen LogP contribution in [0.5, 0.6) is 0 Å². The molecule has 0 aliphatic rings. The Labute approximate surface area is 156 Å². The fraction of sp³-hybridized carbons (Fsp3) is 0.0435. The van der Waals surface area contributed by atoms with Gasteiger partial charge in [0.25, 0.3) is 0 Å². The second kappa shape index (κ2) is 6.92. The number of methoxy groups -OCH3 is 1. The molecule has 4 aromatic rings. The summed E-state index contributed by atoms with van der Waals surface area (Å²) in [5.41, 5.74) is 5.50. The number of aromatic amines is 1. The Bertz CT molecular complexity index is 1140. The van der Waals surface area contributed by atoms with Crippen LogP contribution >= 0.6 is 0 Å². The number of nitrogens with one attached hydrogen (secondary N) is 1. The predicted octanol–water partition coefficient (Wildman–Crippen LogP) is 5.10. The van der Waals surface area contributed by atoms with Crippen LogP contribution in [-0.4, -0.2) is 24.3 Å². The van der Waals surface area contributed by atoms with Crippen LogP contribution in [0.4, 0.5) is 0 Å². The first-order chi connectivity index (χ1) is 13.2. The summed E-state index contributed by atoms with van der Waals surface area (Å²) >= 11 is 0. The third kappa shape index (κ3) is 2.91. The van der Waals surface area contributed by atoms with Gasteiger partial charge in [-0.05, 0) is 22.8 Å². The van der Waals surface area contributed by atoms with E-state index in [2.05, 4.69) is 4.98 Å². The number of para-hydroxylation sites is 1. The van der Waals surface area contributed by atoms with Crippen molar-refractivity contribution in [1.82, 2.24) is 4.98 Å². The van der Waals surface area contributed by atoms with Gasteiger partial charge in [0.15, 0.2) is 6.29 Å². The van der Waals surface area contributed by atoms with Crippen molar-refractivity contribution >= 4 is 23.2 Å². The monoisotopic (exact) mass is 355 g/mol. The number of hydrogen-bond donors (Lipinski definition) is 1. The molecule has 0 spiro atoms. The van der Waals surface area contributed by atoms with Gasteiger partial charge in [-0.2, -0.15) is 0 Å². The number of aromatic nitrogens is 1.